The van der Waals surface area contributed by atoms with Crippen molar-refractivity contribution in [1.82, 2.24) is 5.32 Å². The summed E-state index contributed by atoms with van der Waals surface area (Å²) in [6, 6.07) is 0. The van der Waals surface area contributed by atoms with Crippen molar-refractivity contribution in [2.24, 2.45) is 10.7 Å². The van der Waals surface area contributed by atoms with E-state index in [1.54, 1.807) is 7.05 Å². The number of alkyl halides is 1. The molecule has 0 radical (unpaired) electrons. The normalized spacial score (nSPS) is 20.9. The van der Waals surface area contributed by atoms with Crippen LogP contribution in [-0.4, -0.2) is 25.2 Å². The Labute approximate surface area is 95.4 Å². The Kier molecular flexibility index (Phi) is 5.59. The SMILES string of the molecule is CN=C(N)NCC1(F)CCCC1.I. The van der Waals surface area contributed by atoms with E-state index < -0.39 is 5.67 Å². The Hall–Kier alpha value is -0.0700. The Bertz CT molecular complexity index is 178. The standard InChI is InChI=1S/C8H16FN3.HI/c1-11-7(10)12-6-8(9)4-2-3-5-8;/h2-6H2,1H3,(H3,10,11,12);1H. The number of hydrogen-bond donors (Lipinski definition) is 2. The lowest BCUT2D eigenvalue weighted by Gasteiger charge is -2.19. The number of halogens is 2. The van der Waals surface area contributed by atoms with Crippen molar-refractivity contribution in [3.63, 3.8) is 0 Å². The van der Waals surface area contributed by atoms with Gasteiger partial charge in [0.05, 0.1) is 6.54 Å². The molecule has 1 aliphatic rings. The molecule has 0 aromatic carbocycles. The van der Waals surface area contributed by atoms with E-state index in [9.17, 15) is 4.39 Å². The molecule has 0 atom stereocenters. The highest BCUT2D eigenvalue weighted by Gasteiger charge is 2.33. The predicted octanol–water partition coefficient (Wildman–Crippen LogP) is 1.42. The van der Waals surface area contributed by atoms with Crippen LogP contribution < -0.4 is 11.1 Å². The zero-order valence-electron chi connectivity index (χ0n) is 7.85. The van der Waals surface area contributed by atoms with Crippen LogP contribution in [0.25, 0.3) is 0 Å². The zero-order valence-corrected chi connectivity index (χ0v) is 10.2. The highest BCUT2D eigenvalue weighted by molar-refractivity contribution is 14.0. The van der Waals surface area contributed by atoms with E-state index in [2.05, 4.69) is 10.3 Å². The lowest BCUT2D eigenvalue weighted by molar-refractivity contribution is 0.176. The van der Waals surface area contributed by atoms with E-state index in [4.69, 9.17) is 5.73 Å². The predicted molar refractivity (Wildman–Crippen MR) is 63.3 cm³/mol. The first kappa shape index (κ1) is 12.9. The van der Waals surface area contributed by atoms with Gasteiger partial charge in [-0.1, -0.05) is 12.8 Å². The molecule has 0 aromatic heterocycles. The molecule has 1 fully saturated rings. The molecule has 0 aliphatic heterocycles. The summed E-state index contributed by atoms with van der Waals surface area (Å²) in [5, 5.41) is 2.77. The summed E-state index contributed by atoms with van der Waals surface area (Å²) in [6.07, 6.45) is 3.27. The second kappa shape index (κ2) is 5.62. The molecule has 0 spiro atoms. The summed E-state index contributed by atoms with van der Waals surface area (Å²) < 4.78 is 13.6. The van der Waals surface area contributed by atoms with Crippen LogP contribution in [0.15, 0.2) is 4.99 Å². The number of hydrogen-bond acceptors (Lipinski definition) is 1. The van der Waals surface area contributed by atoms with Crippen LogP contribution in [0.3, 0.4) is 0 Å². The maximum atomic E-state index is 13.6. The maximum Gasteiger partial charge on any atom is 0.188 e. The molecule has 3 N–H and O–H groups in total. The highest BCUT2D eigenvalue weighted by Crippen LogP contribution is 2.32. The lowest BCUT2D eigenvalue weighted by atomic mass is 10.1. The van der Waals surface area contributed by atoms with Gasteiger partial charge in [0.1, 0.15) is 5.67 Å². The topological polar surface area (TPSA) is 50.4 Å². The van der Waals surface area contributed by atoms with Crippen LogP contribution >= 0.6 is 24.0 Å². The number of rotatable bonds is 2. The Balaban J connectivity index is 0.00000144. The van der Waals surface area contributed by atoms with E-state index >= 15 is 0 Å². The smallest absolute Gasteiger partial charge is 0.188 e. The molecular weight excluding hydrogens is 284 g/mol. The van der Waals surface area contributed by atoms with Gasteiger partial charge in [-0.15, -0.1) is 24.0 Å². The van der Waals surface area contributed by atoms with E-state index in [0.29, 0.717) is 25.3 Å². The third-order valence-corrected chi connectivity index (χ3v) is 2.33. The summed E-state index contributed by atoms with van der Waals surface area (Å²) in [5.41, 5.74) is 4.34. The molecule has 3 nitrogen and oxygen atoms in total. The third kappa shape index (κ3) is 4.10. The van der Waals surface area contributed by atoms with Gasteiger partial charge in [0, 0.05) is 7.05 Å². The van der Waals surface area contributed by atoms with Crippen LogP contribution in [0.1, 0.15) is 25.7 Å². The largest absolute Gasteiger partial charge is 0.370 e. The first-order chi connectivity index (χ1) is 5.66. The van der Waals surface area contributed by atoms with E-state index in [1.165, 1.54) is 0 Å². The fourth-order valence-corrected chi connectivity index (χ4v) is 1.51. The Morgan fingerprint density at radius 1 is 1.54 bits per heavy atom. The van der Waals surface area contributed by atoms with Crippen molar-refractivity contribution < 1.29 is 4.39 Å². The molecule has 5 heteroatoms. The van der Waals surface area contributed by atoms with Crippen molar-refractivity contribution in [2.45, 2.75) is 31.4 Å². The third-order valence-electron chi connectivity index (χ3n) is 2.33. The zero-order chi connectivity index (χ0) is 9.03. The minimum absolute atomic E-state index is 0. The molecular formula is C8H17FIN3. The Morgan fingerprint density at radius 3 is 2.54 bits per heavy atom. The molecule has 0 amide bonds. The quantitative estimate of drug-likeness (QED) is 0.460. The highest BCUT2D eigenvalue weighted by atomic mass is 127. The Morgan fingerprint density at radius 2 is 2.08 bits per heavy atom. The van der Waals surface area contributed by atoms with Gasteiger partial charge in [0.25, 0.3) is 0 Å². The minimum Gasteiger partial charge on any atom is -0.370 e. The fraction of sp³-hybridized carbons (Fsp3) is 0.875. The molecule has 13 heavy (non-hydrogen) atoms. The molecule has 0 unspecified atom stereocenters. The summed E-state index contributed by atoms with van der Waals surface area (Å²) in [4.78, 5) is 3.70. The molecule has 0 saturated heterocycles. The molecule has 0 heterocycles. The minimum atomic E-state index is -1.05. The number of guanidine groups is 1. The number of aliphatic imine (C=N–C) groups is 1. The maximum absolute atomic E-state index is 13.6. The first-order valence-corrected chi connectivity index (χ1v) is 4.31. The van der Waals surface area contributed by atoms with Crippen molar-refractivity contribution in [3.8, 4) is 0 Å². The van der Waals surface area contributed by atoms with Crippen LogP contribution in [0.2, 0.25) is 0 Å². The van der Waals surface area contributed by atoms with Crippen LogP contribution in [0.4, 0.5) is 4.39 Å². The summed E-state index contributed by atoms with van der Waals surface area (Å²) in [5.74, 6) is 0.318. The van der Waals surface area contributed by atoms with Gasteiger partial charge in [-0.2, -0.15) is 0 Å². The van der Waals surface area contributed by atoms with Gasteiger partial charge in [-0.25, -0.2) is 4.39 Å². The van der Waals surface area contributed by atoms with Gasteiger partial charge >= 0.3 is 0 Å². The van der Waals surface area contributed by atoms with Gasteiger partial charge in [0.2, 0.25) is 0 Å². The van der Waals surface area contributed by atoms with Crippen molar-refractivity contribution >= 4 is 29.9 Å². The monoisotopic (exact) mass is 301 g/mol. The van der Waals surface area contributed by atoms with Gasteiger partial charge in [0.15, 0.2) is 5.96 Å². The van der Waals surface area contributed by atoms with Crippen LogP contribution in [-0.2, 0) is 0 Å². The molecule has 1 rings (SSSR count). The number of nitrogens with one attached hydrogen (secondary N) is 1. The number of nitrogens with two attached hydrogens (primary N) is 1. The molecule has 0 aromatic rings. The van der Waals surface area contributed by atoms with Gasteiger partial charge in [-0.05, 0) is 12.8 Å². The van der Waals surface area contributed by atoms with Crippen LogP contribution in [0, 0.1) is 0 Å². The summed E-state index contributed by atoms with van der Waals surface area (Å²) in [7, 11) is 1.59. The van der Waals surface area contributed by atoms with Crippen molar-refractivity contribution in [1.29, 1.82) is 0 Å². The van der Waals surface area contributed by atoms with Crippen LogP contribution in [0.5, 0.6) is 0 Å². The second-order valence-corrected chi connectivity index (χ2v) is 3.32. The van der Waals surface area contributed by atoms with Gasteiger partial charge < -0.3 is 11.1 Å². The molecule has 1 saturated carbocycles. The average Bonchev–Trinajstić information content (AvgIpc) is 2.49. The van der Waals surface area contributed by atoms with E-state index in [0.717, 1.165) is 12.8 Å². The van der Waals surface area contributed by atoms with Crippen molar-refractivity contribution in [3.05, 3.63) is 0 Å². The molecule has 1 aliphatic carbocycles. The number of nitrogens with zero attached hydrogens (tertiary/aromatic N) is 1. The summed E-state index contributed by atoms with van der Waals surface area (Å²) >= 11 is 0. The average molecular weight is 301 g/mol. The second-order valence-electron chi connectivity index (χ2n) is 3.32. The molecule has 0 bridgehead atoms. The van der Waals surface area contributed by atoms with Crippen molar-refractivity contribution in [2.75, 3.05) is 13.6 Å². The first-order valence-electron chi connectivity index (χ1n) is 4.31. The van der Waals surface area contributed by atoms with Gasteiger partial charge in [-0.3, -0.25) is 4.99 Å². The van der Waals surface area contributed by atoms with E-state index in [1.807, 2.05) is 0 Å². The summed E-state index contributed by atoms with van der Waals surface area (Å²) in [6.45, 7) is 0.302. The molecule has 78 valence electrons. The fourth-order valence-electron chi connectivity index (χ4n) is 1.51. The van der Waals surface area contributed by atoms with E-state index in [-0.39, 0.29) is 24.0 Å². The lowest BCUT2D eigenvalue weighted by Crippen LogP contribution is -2.41.